The zero-order valence-electron chi connectivity index (χ0n) is 24.6. The van der Waals surface area contributed by atoms with Crippen molar-refractivity contribution in [1.29, 1.82) is 0 Å². The van der Waals surface area contributed by atoms with Crippen LogP contribution in [0.3, 0.4) is 0 Å². The Hall–Kier alpha value is -4.96. The van der Waals surface area contributed by atoms with Gasteiger partial charge in [-0.2, -0.15) is 13.2 Å². The lowest BCUT2D eigenvalue weighted by molar-refractivity contribution is -0.141. The quantitative estimate of drug-likeness (QED) is 0.147. The van der Waals surface area contributed by atoms with Crippen LogP contribution in [0.4, 0.5) is 13.2 Å². The summed E-state index contributed by atoms with van der Waals surface area (Å²) in [6.07, 6.45) is -3.14. The fourth-order valence-electron chi connectivity index (χ4n) is 7.11. The third kappa shape index (κ3) is 3.90. The molecular formula is C40H28F3N. The maximum absolute atomic E-state index is 13.4. The maximum atomic E-state index is 13.4. The van der Waals surface area contributed by atoms with Crippen LogP contribution in [-0.4, -0.2) is 4.98 Å². The number of halogens is 3. The van der Waals surface area contributed by atoms with E-state index < -0.39 is 11.9 Å². The summed E-state index contributed by atoms with van der Waals surface area (Å²) < 4.78 is 40.1. The summed E-state index contributed by atoms with van der Waals surface area (Å²) in [7, 11) is 0. The third-order valence-corrected chi connectivity index (χ3v) is 9.02. The fourth-order valence-corrected chi connectivity index (χ4v) is 7.11. The van der Waals surface area contributed by atoms with E-state index in [1.165, 1.54) is 50.1 Å². The SMILES string of the molecule is CC(C)(C)c1ccc2ccc3c(-c4c5ccccc5c(-c5ccc(C(F)(F)F)nc5)c5ccccc45)ccc4ccc1c2c43. The molecule has 1 nitrogen and oxygen atoms in total. The second-order valence-electron chi connectivity index (χ2n) is 12.7. The number of aromatic nitrogens is 1. The van der Waals surface area contributed by atoms with Crippen molar-refractivity contribution >= 4 is 53.9 Å². The zero-order chi connectivity index (χ0) is 30.4. The van der Waals surface area contributed by atoms with Gasteiger partial charge in [0.1, 0.15) is 5.69 Å². The van der Waals surface area contributed by atoms with Gasteiger partial charge in [-0.25, -0.2) is 0 Å². The monoisotopic (exact) mass is 579 g/mol. The molecule has 0 unspecified atom stereocenters. The summed E-state index contributed by atoms with van der Waals surface area (Å²) in [4.78, 5) is 3.81. The van der Waals surface area contributed by atoms with Crippen LogP contribution in [0.25, 0.3) is 76.1 Å². The number of benzene rings is 7. The topological polar surface area (TPSA) is 12.9 Å². The molecule has 0 aliphatic carbocycles. The summed E-state index contributed by atoms with van der Waals surface area (Å²) in [6, 6.07) is 36.9. The van der Waals surface area contributed by atoms with Crippen molar-refractivity contribution in [2.75, 3.05) is 0 Å². The van der Waals surface area contributed by atoms with Crippen molar-refractivity contribution in [2.45, 2.75) is 32.4 Å². The molecule has 1 heterocycles. The summed E-state index contributed by atoms with van der Waals surface area (Å²) in [5.74, 6) is 0. The van der Waals surface area contributed by atoms with Gasteiger partial charge in [-0.15, -0.1) is 0 Å². The summed E-state index contributed by atoms with van der Waals surface area (Å²) in [5, 5.41) is 11.5. The fraction of sp³-hybridized carbons (Fsp3) is 0.125. The number of alkyl halides is 3. The van der Waals surface area contributed by atoms with Crippen LogP contribution in [0.5, 0.6) is 0 Å². The summed E-state index contributed by atoms with van der Waals surface area (Å²) in [5.41, 5.74) is 4.23. The minimum absolute atomic E-state index is 0.000532. The molecule has 0 saturated carbocycles. The van der Waals surface area contributed by atoms with Crippen molar-refractivity contribution in [2.24, 2.45) is 0 Å². The highest BCUT2D eigenvalue weighted by molar-refractivity contribution is 6.29. The van der Waals surface area contributed by atoms with E-state index in [1.807, 2.05) is 24.3 Å². The molecule has 7 aromatic carbocycles. The first-order chi connectivity index (χ1) is 21.1. The van der Waals surface area contributed by atoms with Crippen molar-refractivity contribution in [3.05, 3.63) is 127 Å². The molecule has 4 heteroatoms. The zero-order valence-corrected chi connectivity index (χ0v) is 24.6. The smallest absolute Gasteiger partial charge is 0.251 e. The van der Waals surface area contributed by atoms with E-state index in [1.54, 1.807) is 0 Å². The Balaban J connectivity index is 1.48. The number of fused-ring (bicyclic) bond motifs is 2. The van der Waals surface area contributed by atoms with Crippen molar-refractivity contribution in [3.8, 4) is 22.3 Å². The second-order valence-corrected chi connectivity index (χ2v) is 12.7. The molecule has 0 bridgehead atoms. The first kappa shape index (κ1) is 26.7. The average molecular weight is 580 g/mol. The number of hydrogen-bond donors (Lipinski definition) is 0. The molecule has 8 rings (SSSR count). The van der Waals surface area contributed by atoms with Gasteiger partial charge in [0.25, 0.3) is 0 Å². The van der Waals surface area contributed by atoms with Crippen LogP contribution in [0.15, 0.2) is 115 Å². The Labute approximate surface area is 252 Å². The molecule has 0 spiro atoms. The molecule has 0 fully saturated rings. The average Bonchev–Trinajstić information content (AvgIpc) is 3.01. The van der Waals surface area contributed by atoms with Gasteiger partial charge >= 0.3 is 6.18 Å². The lowest BCUT2D eigenvalue weighted by Crippen LogP contribution is -2.11. The van der Waals surface area contributed by atoms with E-state index in [0.29, 0.717) is 5.56 Å². The lowest BCUT2D eigenvalue weighted by Gasteiger charge is -2.24. The molecule has 0 N–H and O–H groups in total. The van der Waals surface area contributed by atoms with E-state index >= 15 is 0 Å². The minimum atomic E-state index is -4.49. The van der Waals surface area contributed by atoms with Crippen LogP contribution in [0.2, 0.25) is 0 Å². The largest absolute Gasteiger partial charge is 0.433 e. The van der Waals surface area contributed by atoms with E-state index in [4.69, 9.17) is 0 Å². The van der Waals surface area contributed by atoms with Crippen LogP contribution < -0.4 is 0 Å². The number of nitrogens with zero attached hydrogens (tertiary/aromatic N) is 1. The first-order valence-electron chi connectivity index (χ1n) is 14.8. The maximum Gasteiger partial charge on any atom is 0.433 e. The molecule has 0 saturated heterocycles. The van der Waals surface area contributed by atoms with Crippen LogP contribution in [0.1, 0.15) is 32.0 Å². The molecule has 1 aromatic heterocycles. The van der Waals surface area contributed by atoms with Gasteiger partial charge in [-0.05, 0) is 87.6 Å². The molecule has 214 valence electrons. The Kier molecular flexibility index (Phi) is 5.61. The molecule has 0 aliphatic heterocycles. The van der Waals surface area contributed by atoms with Crippen molar-refractivity contribution in [1.82, 2.24) is 4.98 Å². The molecule has 8 aromatic rings. The Bertz CT molecular complexity index is 2340. The Morgan fingerprint density at radius 1 is 0.500 bits per heavy atom. The molecule has 0 amide bonds. The molecule has 0 radical (unpaired) electrons. The normalized spacial score (nSPS) is 12.8. The minimum Gasteiger partial charge on any atom is -0.251 e. The summed E-state index contributed by atoms with van der Waals surface area (Å²) >= 11 is 0. The number of pyridine rings is 1. The number of hydrogen-bond acceptors (Lipinski definition) is 1. The molecule has 0 atom stereocenters. The highest BCUT2D eigenvalue weighted by Gasteiger charge is 2.32. The standard InChI is InChI=1S/C40H28F3N/c1-39(2,3)33-20-15-24-12-17-30-31(18-13-23-14-19-32(33)37(24)36(23)30)38-28-10-6-4-8-26(28)35(27-9-5-7-11-29(27)38)25-16-21-34(44-22-25)40(41,42)43/h4-22H,1-3H3. The lowest BCUT2D eigenvalue weighted by atomic mass is 9.80. The van der Waals surface area contributed by atoms with Crippen LogP contribution in [0, 0.1) is 0 Å². The molecule has 44 heavy (non-hydrogen) atoms. The highest BCUT2D eigenvalue weighted by atomic mass is 19.4. The first-order valence-corrected chi connectivity index (χ1v) is 14.8. The van der Waals surface area contributed by atoms with E-state index in [-0.39, 0.29) is 5.41 Å². The van der Waals surface area contributed by atoms with Gasteiger partial charge in [0.15, 0.2) is 0 Å². The van der Waals surface area contributed by atoms with E-state index in [9.17, 15) is 13.2 Å². The van der Waals surface area contributed by atoms with E-state index in [2.05, 4.69) is 98.6 Å². The van der Waals surface area contributed by atoms with Gasteiger partial charge in [0, 0.05) is 11.8 Å². The van der Waals surface area contributed by atoms with Gasteiger partial charge in [0.05, 0.1) is 0 Å². The van der Waals surface area contributed by atoms with E-state index in [0.717, 1.165) is 44.3 Å². The van der Waals surface area contributed by atoms with Gasteiger partial charge < -0.3 is 0 Å². The van der Waals surface area contributed by atoms with Crippen molar-refractivity contribution < 1.29 is 13.2 Å². The number of rotatable bonds is 2. The summed E-state index contributed by atoms with van der Waals surface area (Å²) in [6.45, 7) is 6.78. The van der Waals surface area contributed by atoms with Gasteiger partial charge in [-0.3, -0.25) is 4.98 Å². The van der Waals surface area contributed by atoms with Crippen LogP contribution in [-0.2, 0) is 11.6 Å². The second kappa shape index (κ2) is 9.27. The van der Waals surface area contributed by atoms with Crippen molar-refractivity contribution in [3.63, 3.8) is 0 Å². The predicted molar refractivity (Wildman–Crippen MR) is 178 cm³/mol. The Morgan fingerprint density at radius 3 is 1.57 bits per heavy atom. The molecule has 0 aliphatic rings. The van der Waals surface area contributed by atoms with Gasteiger partial charge in [0.2, 0.25) is 0 Å². The van der Waals surface area contributed by atoms with Crippen LogP contribution >= 0.6 is 0 Å². The Morgan fingerprint density at radius 2 is 1.02 bits per heavy atom. The third-order valence-electron chi connectivity index (χ3n) is 9.02. The molecular weight excluding hydrogens is 551 g/mol. The predicted octanol–water partition coefficient (Wildman–Crippen LogP) is 11.9. The van der Waals surface area contributed by atoms with Gasteiger partial charge in [-0.1, -0.05) is 124 Å². The highest BCUT2D eigenvalue weighted by Crippen LogP contribution is 2.48.